The van der Waals surface area contributed by atoms with Gasteiger partial charge in [-0.05, 0) is 24.6 Å². The highest BCUT2D eigenvalue weighted by atomic mass is 15.4. The molecule has 18 heavy (non-hydrogen) atoms. The van der Waals surface area contributed by atoms with Crippen LogP contribution in [-0.4, -0.2) is 24.5 Å². The summed E-state index contributed by atoms with van der Waals surface area (Å²) in [7, 11) is 0. The zero-order valence-corrected chi connectivity index (χ0v) is 9.90. The Kier molecular flexibility index (Phi) is 2.68. The molecule has 6 heteroatoms. The molecular formula is C12H14N6. The average molecular weight is 242 g/mol. The third-order valence-electron chi connectivity index (χ3n) is 2.90. The van der Waals surface area contributed by atoms with Crippen molar-refractivity contribution in [3.8, 4) is 0 Å². The van der Waals surface area contributed by atoms with E-state index in [0.717, 1.165) is 36.2 Å². The number of nitrogens with zero attached hydrogens (tertiary/aromatic N) is 5. The van der Waals surface area contributed by atoms with E-state index in [1.807, 2.05) is 35.4 Å². The molecule has 0 atom stereocenters. The Balaban J connectivity index is 1.71. The molecule has 0 spiro atoms. The molecule has 6 nitrogen and oxygen atoms in total. The van der Waals surface area contributed by atoms with E-state index in [-0.39, 0.29) is 0 Å². The molecule has 0 aliphatic heterocycles. The van der Waals surface area contributed by atoms with E-state index in [1.54, 1.807) is 6.20 Å². The fraction of sp³-hybridized carbons (Fsp3) is 0.250. The first-order chi connectivity index (χ1) is 8.83. The number of aromatic nitrogens is 5. The van der Waals surface area contributed by atoms with Crippen LogP contribution in [0.25, 0.3) is 11.0 Å². The zero-order chi connectivity index (χ0) is 12.4. The van der Waals surface area contributed by atoms with Gasteiger partial charge < -0.3 is 10.3 Å². The molecule has 0 saturated heterocycles. The van der Waals surface area contributed by atoms with Gasteiger partial charge in [0.1, 0.15) is 0 Å². The monoisotopic (exact) mass is 242 g/mol. The number of anilines is 1. The van der Waals surface area contributed by atoms with Crippen LogP contribution in [0.1, 0.15) is 6.42 Å². The molecule has 92 valence electrons. The third-order valence-corrected chi connectivity index (χ3v) is 2.90. The van der Waals surface area contributed by atoms with Gasteiger partial charge in [0.25, 0.3) is 0 Å². The summed E-state index contributed by atoms with van der Waals surface area (Å²) in [6.07, 6.45) is 6.40. The summed E-state index contributed by atoms with van der Waals surface area (Å²) < 4.78 is 3.96. The van der Waals surface area contributed by atoms with Crippen LogP contribution in [-0.2, 0) is 13.1 Å². The summed E-state index contributed by atoms with van der Waals surface area (Å²) in [5, 5.41) is 7.71. The number of aryl methyl sites for hydroxylation is 2. The third kappa shape index (κ3) is 2.04. The number of hydrogen-bond donors (Lipinski definition) is 1. The first kappa shape index (κ1) is 10.8. The van der Waals surface area contributed by atoms with Gasteiger partial charge >= 0.3 is 0 Å². The molecule has 0 radical (unpaired) electrons. The van der Waals surface area contributed by atoms with Gasteiger partial charge in [0.05, 0.1) is 23.6 Å². The van der Waals surface area contributed by atoms with Crippen molar-refractivity contribution in [2.75, 3.05) is 5.73 Å². The van der Waals surface area contributed by atoms with Crippen molar-refractivity contribution in [1.82, 2.24) is 24.5 Å². The molecule has 0 amide bonds. The highest BCUT2D eigenvalue weighted by Gasteiger charge is 2.02. The fourth-order valence-corrected chi connectivity index (χ4v) is 2.01. The maximum Gasteiger partial charge on any atom is 0.0958 e. The molecule has 2 N–H and O–H groups in total. The summed E-state index contributed by atoms with van der Waals surface area (Å²) in [5.41, 5.74) is 8.53. The van der Waals surface area contributed by atoms with E-state index >= 15 is 0 Å². The van der Waals surface area contributed by atoms with E-state index < -0.39 is 0 Å². The Morgan fingerprint density at radius 3 is 3.00 bits per heavy atom. The molecule has 0 bridgehead atoms. The van der Waals surface area contributed by atoms with Crippen molar-refractivity contribution in [2.45, 2.75) is 19.5 Å². The van der Waals surface area contributed by atoms with Crippen LogP contribution in [0.4, 0.5) is 5.69 Å². The molecule has 0 saturated carbocycles. The first-order valence-corrected chi connectivity index (χ1v) is 5.87. The Hall–Kier alpha value is -2.37. The molecule has 3 aromatic rings. The minimum absolute atomic E-state index is 0.746. The van der Waals surface area contributed by atoms with E-state index in [4.69, 9.17) is 5.73 Å². The van der Waals surface area contributed by atoms with E-state index in [1.165, 1.54) is 0 Å². The maximum absolute atomic E-state index is 5.73. The predicted molar refractivity (Wildman–Crippen MR) is 68.8 cm³/mol. The number of hydrogen-bond acceptors (Lipinski definition) is 4. The maximum atomic E-state index is 5.73. The van der Waals surface area contributed by atoms with Crippen molar-refractivity contribution < 1.29 is 0 Å². The summed E-state index contributed by atoms with van der Waals surface area (Å²) in [5.74, 6) is 0. The number of fused-ring (bicyclic) bond motifs is 1. The van der Waals surface area contributed by atoms with Gasteiger partial charge in [-0.15, -0.1) is 5.10 Å². The summed E-state index contributed by atoms with van der Waals surface area (Å²) >= 11 is 0. The normalized spacial score (nSPS) is 11.1. The van der Waals surface area contributed by atoms with Gasteiger partial charge in [-0.1, -0.05) is 5.21 Å². The number of benzene rings is 1. The minimum Gasteiger partial charge on any atom is -0.399 e. The van der Waals surface area contributed by atoms with E-state index in [2.05, 4.69) is 19.9 Å². The highest BCUT2D eigenvalue weighted by molar-refractivity contribution is 5.78. The minimum atomic E-state index is 0.746. The summed E-state index contributed by atoms with van der Waals surface area (Å²) in [6.45, 7) is 1.76. The van der Waals surface area contributed by atoms with Crippen molar-refractivity contribution >= 4 is 16.7 Å². The van der Waals surface area contributed by atoms with Crippen LogP contribution in [0.5, 0.6) is 0 Å². The quantitative estimate of drug-likeness (QED) is 0.700. The van der Waals surface area contributed by atoms with Crippen LogP contribution in [0, 0.1) is 0 Å². The fourth-order valence-electron chi connectivity index (χ4n) is 2.01. The number of nitrogens with two attached hydrogens (primary N) is 1. The topological polar surface area (TPSA) is 74.5 Å². The van der Waals surface area contributed by atoms with Gasteiger partial charge in [0.2, 0.25) is 0 Å². The highest BCUT2D eigenvalue weighted by Crippen LogP contribution is 2.16. The van der Waals surface area contributed by atoms with Crippen LogP contribution in [0.2, 0.25) is 0 Å². The molecule has 2 aromatic heterocycles. The molecule has 2 heterocycles. The largest absolute Gasteiger partial charge is 0.399 e. The van der Waals surface area contributed by atoms with Gasteiger partial charge in [-0.25, -0.2) is 4.98 Å². The second kappa shape index (κ2) is 4.48. The Labute approximate surface area is 104 Å². The van der Waals surface area contributed by atoms with Crippen molar-refractivity contribution in [3.63, 3.8) is 0 Å². The zero-order valence-electron chi connectivity index (χ0n) is 9.90. The lowest BCUT2D eigenvalue weighted by atomic mass is 10.3. The second-order valence-corrected chi connectivity index (χ2v) is 4.21. The average Bonchev–Trinajstić information content (AvgIpc) is 2.99. The molecule has 3 rings (SSSR count). The Morgan fingerprint density at radius 1 is 1.22 bits per heavy atom. The summed E-state index contributed by atoms with van der Waals surface area (Å²) in [4.78, 5) is 4.34. The molecule has 0 aliphatic carbocycles. The smallest absolute Gasteiger partial charge is 0.0958 e. The molecule has 0 aliphatic rings. The van der Waals surface area contributed by atoms with Crippen LogP contribution < -0.4 is 5.73 Å². The van der Waals surface area contributed by atoms with Gasteiger partial charge in [0, 0.05) is 25.0 Å². The SMILES string of the molecule is Nc1ccc2c(c1)ncn2CCCn1ccnn1. The Morgan fingerprint density at radius 2 is 2.17 bits per heavy atom. The van der Waals surface area contributed by atoms with Crippen molar-refractivity contribution in [1.29, 1.82) is 0 Å². The molecule has 0 unspecified atom stereocenters. The standard InChI is InChI=1S/C12H14N6/c13-10-2-3-12-11(8-10)14-9-17(12)5-1-6-18-7-4-15-16-18/h2-4,7-9H,1,5-6,13H2. The van der Waals surface area contributed by atoms with E-state index in [9.17, 15) is 0 Å². The lowest BCUT2D eigenvalue weighted by Gasteiger charge is -2.04. The predicted octanol–water partition coefficient (Wildman–Crippen LogP) is 1.30. The Bertz CT molecular complexity index is 640. The van der Waals surface area contributed by atoms with Gasteiger partial charge in [-0.3, -0.25) is 4.68 Å². The van der Waals surface area contributed by atoms with Crippen LogP contribution in [0.3, 0.4) is 0 Å². The van der Waals surface area contributed by atoms with Crippen molar-refractivity contribution in [3.05, 3.63) is 36.9 Å². The lowest BCUT2D eigenvalue weighted by Crippen LogP contribution is -2.04. The van der Waals surface area contributed by atoms with Crippen LogP contribution >= 0.6 is 0 Å². The van der Waals surface area contributed by atoms with Gasteiger partial charge in [-0.2, -0.15) is 0 Å². The second-order valence-electron chi connectivity index (χ2n) is 4.21. The van der Waals surface area contributed by atoms with Crippen molar-refractivity contribution in [2.24, 2.45) is 0 Å². The summed E-state index contributed by atoms with van der Waals surface area (Å²) in [6, 6.07) is 5.80. The number of nitrogen functional groups attached to an aromatic ring is 1. The molecule has 0 fully saturated rings. The number of imidazole rings is 1. The van der Waals surface area contributed by atoms with Gasteiger partial charge in [0.15, 0.2) is 0 Å². The lowest BCUT2D eigenvalue weighted by molar-refractivity contribution is 0.519. The molecular weight excluding hydrogens is 228 g/mol. The first-order valence-electron chi connectivity index (χ1n) is 5.87. The molecule has 1 aromatic carbocycles. The van der Waals surface area contributed by atoms with Crippen LogP contribution in [0.15, 0.2) is 36.9 Å². The number of rotatable bonds is 4. The van der Waals surface area contributed by atoms with E-state index in [0.29, 0.717) is 0 Å².